The maximum absolute atomic E-state index is 9.88. The fourth-order valence-corrected chi connectivity index (χ4v) is 0.200. The van der Waals surface area contributed by atoms with Crippen LogP contribution in [0.5, 0.6) is 0 Å². The van der Waals surface area contributed by atoms with Crippen molar-refractivity contribution >= 4 is 12.4 Å². The molecule has 0 aliphatic heterocycles. The molecule has 46 valence electrons. The van der Waals surface area contributed by atoms with Gasteiger partial charge >= 0.3 is 6.03 Å². The van der Waals surface area contributed by atoms with Crippen LogP contribution < -0.4 is 11.2 Å². The lowest BCUT2D eigenvalue weighted by Gasteiger charge is -2.07. The topological polar surface area (TPSA) is 75.4 Å². The van der Waals surface area contributed by atoms with Gasteiger partial charge < -0.3 is 5.73 Å². The van der Waals surface area contributed by atoms with E-state index in [0.717, 1.165) is 5.01 Å². The summed E-state index contributed by atoms with van der Waals surface area (Å²) in [5.74, 6) is 0. The maximum atomic E-state index is 9.88. The molecule has 0 bridgehead atoms. The van der Waals surface area contributed by atoms with Gasteiger partial charge in [-0.1, -0.05) is 0 Å². The van der Waals surface area contributed by atoms with Gasteiger partial charge in [-0.05, 0) is 0 Å². The second-order valence-electron chi connectivity index (χ2n) is 1.19. The monoisotopic (exact) mass is 117 g/mol. The lowest BCUT2D eigenvalue weighted by Crippen LogP contribution is -2.41. The molecule has 0 atom stereocenters. The second-order valence-corrected chi connectivity index (χ2v) is 1.19. The first-order valence-corrected chi connectivity index (χ1v) is 1.91. The zero-order chi connectivity index (χ0) is 6.57. The van der Waals surface area contributed by atoms with Crippen LogP contribution in [0.3, 0.4) is 0 Å². The summed E-state index contributed by atoms with van der Waals surface area (Å²) >= 11 is 0. The molecule has 0 aromatic rings. The minimum Gasteiger partial charge on any atom is -0.350 e. The Kier molecular flexibility index (Phi) is 2.39. The van der Waals surface area contributed by atoms with E-state index in [0.29, 0.717) is 6.41 Å². The van der Waals surface area contributed by atoms with E-state index in [1.807, 2.05) is 5.43 Å². The summed E-state index contributed by atoms with van der Waals surface area (Å²) in [6, 6.07) is -0.750. The van der Waals surface area contributed by atoms with Crippen LogP contribution >= 0.6 is 0 Å². The van der Waals surface area contributed by atoms with Crippen LogP contribution in [0.15, 0.2) is 0 Å². The molecule has 0 spiro atoms. The smallest absolute Gasteiger partial charge is 0.331 e. The Balaban J connectivity index is 3.38. The molecule has 0 aromatic heterocycles. The molecule has 0 heterocycles. The molecule has 0 saturated heterocycles. The van der Waals surface area contributed by atoms with Crippen molar-refractivity contribution in [2.24, 2.45) is 5.73 Å². The Bertz CT molecular complexity index is 103. The largest absolute Gasteiger partial charge is 0.350 e. The Morgan fingerprint density at radius 1 is 1.88 bits per heavy atom. The van der Waals surface area contributed by atoms with Crippen LogP contribution in [-0.2, 0) is 4.79 Å². The summed E-state index contributed by atoms with van der Waals surface area (Å²) < 4.78 is 0. The number of carbonyl (C=O) groups excluding carboxylic acids is 2. The lowest BCUT2D eigenvalue weighted by molar-refractivity contribution is -0.118. The number of amides is 3. The second kappa shape index (κ2) is 2.84. The molecule has 0 saturated carbocycles. The molecule has 5 heteroatoms. The molecule has 0 aliphatic rings. The lowest BCUT2D eigenvalue weighted by atomic mass is 11.0. The van der Waals surface area contributed by atoms with Gasteiger partial charge in [0.2, 0.25) is 6.41 Å². The Morgan fingerprint density at radius 3 is 2.50 bits per heavy atom. The third kappa shape index (κ3) is 2.95. The number of carbonyl (C=O) groups is 2. The van der Waals surface area contributed by atoms with E-state index in [1.165, 1.54) is 7.05 Å². The van der Waals surface area contributed by atoms with Gasteiger partial charge in [-0.2, -0.15) is 0 Å². The average Bonchev–Trinajstić information content (AvgIpc) is 1.65. The van der Waals surface area contributed by atoms with E-state index in [1.54, 1.807) is 0 Å². The van der Waals surface area contributed by atoms with E-state index < -0.39 is 6.03 Å². The van der Waals surface area contributed by atoms with Gasteiger partial charge in [0.25, 0.3) is 0 Å². The number of hydrogen-bond acceptors (Lipinski definition) is 2. The molecule has 8 heavy (non-hydrogen) atoms. The van der Waals surface area contributed by atoms with Gasteiger partial charge in [-0.15, -0.1) is 0 Å². The molecule has 5 nitrogen and oxygen atoms in total. The molecular weight excluding hydrogens is 110 g/mol. The third-order valence-corrected chi connectivity index (χ3v) is 0.445. The fourth-order valence-electron chi connectivity index (χ4n) is 0.200. The summed E-state index contributed by atoms with van der Waals surface area (Å²) in [5.41, 5.74) is 6.61. The summed E-state index contributed by atoms with van der Waals surface area (Å²) in [4.78, 5) is 19.6. The first-order chi connectivity index (χ1) is 3.66. The number of nitrogens with zero attached hydrogens (tertiary/aromatic N) is 1. The van der Waals surface area contributed by atoms with Crippen LogP contribution in [0.4, 0.5) is 4.79 Å². The van der Waals surface area contributed by atoms with Crippen molar-refractivity contribution in [2.45, 2.75) is 0 Å². The molecule has 0 unspecified atom stereocenters. The predicted molar refractivity (Wildman–Crippen MR) is 26.5 cm³/mol. The normalized spacial score (nSPS) is 7.62. The number of hydrazine groups is 1. The van der Waals surface area contributed by atoms with E-state index in [-0.39, 0.29) is 0 Å². The molecule has 0 rings (SSSR count). The number of nitrogens with two attached hydrogens (primary N) is 1. The van der Waals surface area contributed by atoms with Gasteiger partial charge in [0, 0.05) is 7.05 Å². The quantitative estimate of drug-likeness (QED) is 0.347. The third-order valence-electron chi connectivity index (χ3n) is 0.445. The Hall–Kier alpha value is -1.26. The zero-order valence-corrected chi connectivity index (χ0v) is 4.42. The van der Waals surface area contributed by atoms with Crippen molar-refractivity contribution in [3.8, 4) is 0 Å². The van der Waals surface area contributed by atoms with Crippen molar-refractivity contribution in [1.82, 2.24) is 10.4 Å². The fraction of sp³-hybridized carbons (Fsp3) is 0.333. The standard InChI is InChI=1S/C3H7N3O2/c1-6(2-7)5-3(4)8/h2H,1H3,(H3,4,5,8). The van der Waals surface area contributed by atoms with Crippen molar-refractivity contribution in [3.63, 3.8) is 0 Å². The molecule has 3 amide bonds. The Morgan fingerprint density at radius 2 is 2.38 bits per heavy atom. The molecule has 0 aromatic carbocycles. The van der Waals surface area contributed by atoms with E-state index in [4.69, 9.17) is 0 Å². The average molecular weight is 117 g/mol. The van der Waals surface area contributed by atoms with E-state index >= 15 is 0 Å². The maximum Gasteiger partial charge on any atom is 0.331 e. The number of hydrogen-bond donors (Lipinski definition) is 2. The highest BCUT2D eigenvalue weighted by Crippen LogP contribution is 1.60. The van der Waals surface area contributed by atoms with Crippen LogP contribution in [0, 0.1) is 0 Å². The minimum absolute atomic E-state index is 0.435. The van der Waals surface area contributed by atoms with Gasteiger partial charge in [0.05, 0.1) is 0 Å². The molecule has 0 radical (unpaired) electrons. The predicted octanol–water partition coefficient (Wildman–Crippen LogP) is -1.34. The van der Waals surface area contributed by atoms with Crippen molar-refractivity contribution in [2.75, 3.05) is 7.05 Å². The summed E-state index contributed by atoms with van der Waals surface area (Å²) in [5, 5.41) is 0.919. The first kappa shape index (κ1) is 6.74. The highest BCUT2D eigenvalue weighted by Gasteiger charge is 1.91. The van der Waals surface area contributed by atoms with Gasteiger partial charge in [0.15, 0.2) is 0 Å². The minimum atomic E-state index is -0.750. The highest BCUT2D eigenvalue weighted by molar-refractivity contribution is 5.72. The zero-order valence-electron chi connectivity index (χ0n) is 4.42. The number of nitrogens with one attached hydrogen (secondary N) is 1. The molecule has 0 aliphatic carbocycles. The van der Waals surface area contributed by atoms with Gasteiger partial charge in [-0.25, -0.2) is 10.2 Å². The van der Waals surface area contributed by atoms with Crippen LogP contribution in [0.1, 0.15) is 0 Å². The van der Waals surface area contributed by atoms with E-state index in [9.17, 15) is 9.59 Å². The van der Waals surface area contributed by atoms with Crippen LogP contribution in [0.2, 0.25) is 0 Å². The SMILES string of the molecule is CN(C=O)NC(N)=O. The molecule has 0 fully saturated rings. The molecular formula is C3H7N3O2. The summed E-state index contributed by atoms with van der Waals surface area (Å²) in [7, 11) is 1.37. The van der Waals surface area contributed by atoms with Gasteiger partial charge in [-0.3, -0.25) is 9.80 Å². The Labute approximate surface area is 46.4 Å². The summed E-state index contributed by atoms with van der Waals surface area (Å²) in [6.45, 7) is 0. The van der Waals surface area contributed by atoms with E-state index in [2.05, 4.69) is 5.73 Å². The molecule has 3 N–H and O–H groups in total. The summed E-state index contributed by atoms with van der Waals surface area (Å²) in [6.07, 6.45) is 0.435. The van der Waals surface area contributed by atoms with Crippen molar-refractivity contribution < 1.29 is 9.59 Å². The highest BCUT2D eigenvalue weighted by atomic mass is 16.2. The van der Waals surface area contributed by atoms with Crippen LogP contribution in [-0.4, -0.2) is 24.5 Å². The first-order valence-electron chi connectivity index (χ1n) is 1.91. The number of urea groups is 1. The number of primary amides is 1. The van der Waals surface area contributed by atoms with Crippen LogP contribution in [0.25, 0.3) is 0 Å². The number of rotatable bonds is 2. The van der Waals surface area contributed by atoms with Crippen molar-refractivity contribution in [3.05, 3.63) is 0 Å². The van der Waals surface area contributed by atoms with Gasteiger partial charge in [0.1, 0.15) is 0 Å². The van der Waals surface area contributed by atoms with Crippen molar-refractivity contribution in [1.29, 1.82) is 0 Å².